The van der Waals surface area contributed by atoms with Gasteiger partial charge in [-0.25, -0.2) is 0 Å². The monoisotopic (exact) mass is 267 g/mol. The molecule has 1 aromatic rings. The van der Waals surface area contributed by atoms with Crippen LogP contribution in [0.1, 0.15) is 18.4 Å². The van der Waals surface area contributed by atoms with Crippen LogP contribution in [0.2, 0.25) is 5.02 Å². The zero-order valence-corrected chi connectivity index (χ0v) is 11.2. The van der Waals surface area contributed by atoms with Crippen LogP contribution in [0, 0.1) is 5.92 Å². The van der Waals surface area contributed by atoms with Crippen molar-refractivity contribution in [1.82, 2.24) is 5.32 Å². The summed E-state index contributed by atoms with van der Waals surface area (Å²) in [6.07, 6.45) is 2.07. The number of nitrogens with two attached hydrogens (primary N) is 1. The topological polar surface area (TPSA) is 59.6 Å². The van der Waals surface area contributed by atoms with E-state index in [0.29, 0.717) is 16.6 Å². The van der Waals surface area contributed by atoms with Crippen LogP contribution in [0.25, 0.3) is 0 Å². The van der Waals surface area contributed by atoms with E-state index in [2.05, 4.69) is 10.5 Å². The van der Waals surface area contributed by atoms with Gasteiger partial charge in [0.2, 0.25) is 0 Å². The van der Waals surface area contributed by atoms with Crippen LogP contribution in [0.5, 0.6) is 0 Å². The van der Waals surface area contributed by atoms with Gasteiger partial charge in [-0.1, -0.05) is 16.8 Å². The number of nitrogens with one attached hydrogen (secondary N) is 1. The van der Waals surface area contributed by atoms with E-state index in [9.17, 15) is 0 Å². The van der Waals surface area contributed by atoms with E-state index in [0.717, 1.165) is 37.2 Å². The Kier molecular flexibility index (Phi) is 4.44. The normalized spacial score (nSPS) is 17.8. The summed E-state index contributed by atoms with van der Waals surface area (Å²) in [6, 6.07) is 5.45. The van der Waals surface area contributed by atoms with Gasteiger partial charge in [-0.05, 0) is 44.1 Å². The lowest BCUT2D eigenvalue weighted by Gasteiger charge is -2.24. The Hall–Kier alpha value is -1.26. The molecular weight excluding hydrogens is 250 g/mol. The second-order valence-corrected chi connectivity index (χ2v) is 4.85. The van der Waals surface area contributed by atoms with E-state index in [1.54, 1.807) is 13.2 Å². The van der Waals surface area contributed by atoms with Crippen molar-refractivity contribution in [3.63, 3.8) is 0 Å². The molecule has 0 unspecified atom stereocenters. The van der Waals surface area contributed by atoms with Gasteiger partial charge < -0.3 is 15.9 Å². The minimum atomic E-state index is 0.368. The van der Waals surface area contributed by atoms with E-state index in [4.69, 9.17) is 22.2 Å². The highest BCUT2D eigenvalue weighted by Crippen LogP contribution is 2.25. The molecule has 3 N–H and O–H groups in total. The SMILES string of the molecule is CO/N=C(/c1cc(Cl)ccc1N)C1CCNCC1. The summed E-state index contributed by atoms with van der Waals surface area (Å²) in [5.41, 5.74) is 8.49. The van der Waals surface area contributed by atoms with Crippen LogP contribution in [0.3, 0.4) is 0 Å². The molecule has 1 saturated heterocycles. The van der Waals surface area contributed by atoms with Crippen LogP contribution in [-0.2, 0) is 4.84 Å². The van der Waals surface area contributed by atoms with Crippen molar-refractivity contribution in [2.24, 2.45) is 11.1 Å². The molecule has 1 aliphatic heterocycles. The summed E-state index contributed by atoms with van der Waals surface area (Å²) < 4.78 is 0. The maximum absolute atomic E-state index is 6.04. The van der Waals surface area contributed by atoms with Gasteiger partial charge in [0.25, 0.3) is 0 Å². The summed E-state index contributed by atoms with van der Waals surface area (Å²) in [5, 5.41) is 8.17. The van der Waals surface area contributed by atoms with Gasteiger partial charge in [0, 0.05) is 22.2 Å². The maximum atomic E-state index is 6.04. The summed E-state index contributed by atoms with van der Waals surface area (Å²) >= 11 is 6.04. The summed E-state index contributed by atoms with van der Waals surface area (Å²) in [6.45, 7) is 1.99. The van der Waals surface area contributed by atoms with Crippen LogP contribution in [-0.4, -0.2) is 25.9 Å². The van der Waals surface area contributed by atoms with Crippen molar-refractivity contribution >= 4 is 23.0 Å². The van der Waals surface area contributed by atoms with E-state index >= 15 is 0 Å². The van der Waals surface area contributed by atoms with Crippen LogP contribution >= 0.6 is 11.6 Å². The van der Waals surface area contributed by atoms with Crippen LogP contribution < -0.4 is 11.1 Å². The molecule has 4 nitrogen and oxygen atoms in total. The second kappa shape index (κ2) is 6.07. The summed E-state index contributed by atoms with van der Waals surface area (Å²) in [4.78, 5) is 4.98. The number of nitrogen functional groups attached to an aromatic ring is 1. The van der Waals surface area contributed by atoms with E-state index in [1.807, 2.05) is 12.1 Å². The Bertz CT molecular complexity index is 442. The van der Waals surface area contributed by atoms with Crippen molar-refractivity contribution in [2.45, 2.75) is 12.8 Å². The van der Waals surface area contributed by atoms with E-state index < -0.39 is 0 Å². The maximum Gasteiger partial charge on any atom is 0.106 e. The predicted octanol–water partition coefficient (Wildman–Crippen LogP) is 2.27. The number of benzene rings is 1. The zero-order valence-electron chi connectivity index (χ0n) is 10.4. The average molecular weight is 268 g/mol. The number of rotatable bonds is 3. The van der Waals surface area contributed by atoms with Crippen molar-refractivity contribution in [3.8, 4) is 0 Å². The Balaban J connectivity index is 2.34. The lowest BCUT2D eigenvalue weighted by molar-refractivity contribution is 0.210. The average Bonchev–Trinajstić information content (AvgIpc) is 2.40. The van der Waals surface area contributed by atoms with Crippen molar-refractivity contribution in [3.05, 3.63) is 28.8 Å². The summed E-state index contributed by atoms with van der Waals surface area (Å²) in [5.74, 6) is 0.368. The molecule has 0 amide bonds. The standard InChI is InChI=1S/C13H18ClN3O/c1-18-17-13(9-4-6-16-7-5-9)11-8-10(14)2-3-12(11)15/h2-3,8-9,16H,4-7,15H2,1H3/b17-13+. The van der Waals surface area contributed by atoms with Crippen molar-refractivity contribution < 1.29 is 4.84 Å². The molecule has 1 fully saturated rings. The minimum absolute atomic E-state index is 0.368. The van der Waals surface area contributed by atoms with Gasteiger partial charge in [-0.15, -0.1) is 0 Å². The summed E-state index contributed by atoms with van der Waals surface area (Å²) in [7, 11) is 1.56. The highest BCUT2D eigenvalue weighted by Gasteiger charge is 2.23. The lowest BCUT2D eigenvalue weighted by Crippen LogP contribution is -2.32. The molecule has 1 heterocycles. The Morgan fingerprint density at radius 3 is 2.83 bits per heavy atom. The molecule has 0 bridgehead atoms. The molecule has 0 radical (unpaired) electrons. The third kappa shape index (κ3) is 2.94. The Labute approximate surface area is 112 Å². The highest BCUT2D eigenvalue weighted by atomic mass is 35.5. The second-order valence-electron chi connectivity index (χ2n) is 4.41. The first kappa shape index (κ1) is 13.2. The molecule has 5 heteroatoms. The fourth-order valence-corrected chi connectivity index (χ4v) is 2.46. The first-order valence-corrected chi connectivity index (χ1v) is 6.47. The predicted molar refractivity (Wildman–Crippen MR) is 75.0 cm³/mol. The molecule has 98 valence electrons. The van der Waals surface area contributed by atoms with Gasteiger partial charge in [-0.3, -0.25) is 0 Å². The zero-order chi connectivity index (χ0) is 13.0. The van der Waals surface area contributed by atoms with Crippen LogP contribution in [0.4, 0.5) is 5.69 Å². The third-order valence-corrected chi connectivity index (χ3v) is 3.44. The minimum Gasteiger partial charge on any atom is -0.399 e. The molecule has 0 saturated carbocycles. The number of nitrogens with zero attached hydrogens (tertiary/aromatic N) is 1. The third-order valence-electron chi connectivity index (χ3n) is 3.21. The Morgan fingerprint density at radius 1 is 1.44 bits per heavy atom. The number of oxime groups is 1. The number of piperidine rings is 1. The van der Waals surface area contributed by atoms with E-state index in [1.165, 1.54) is 0 Å². The molecule has 0 aromatic heterocycles. The smallest absolute Gasteiger partial charge is 0.106 e. The molecule has 18 heavy (non-hydrogen) atoms. The Morgan fingerprint density at radius 2 is 2.17 bits per heavy atom. The fourth-order valence-electron chi connectivity index (χ4n) is 2.29. The van der Waals surface area contributed by atoms with Crippen LogP contribution in [0.15, 0.2) is 23.4 Å². The highest BCUT2D eigenvalue weighted by molar-refractivity contribution is 6.31. The number of anilines is 1. The molecule has 1 aromatic carbocycles. The first-order valence-electron chi connectivity index (χ1n) is 6.09. The lowest BCUT2D eigenvalue weighted by atomic mass is 9.88. The molecule has 0 aliphatic carbocycles. The molecule has 0 spiro atoms. The van der Waals surface area contributed by atoms with Gasteiger partial charge >= 0.3 is 0 Å². The van der Waals surface area contributed by atoms with Gasteiger partial charge in [0.15, 0.2) is 0 Å². The molecule has 1 aliphatic rings. The number of hydrogen-bond donors (Lipinski definition) is 2. The van der Waals surface area contributed by atoms with Gasteiger partial charge in [0.05, 0.1) is 5.71 Å². The van der Waals surface area contributed by atoms with E-state index in [-0.39, 0.29) is 0 Å². The quantitative estimate of drug-likeness (QED) is 0.502. The largest absolute Gasteiger partial charge is 0.399 e. The van der Waals surface area contributed by atoms with Crippen molar-refractivity contribution in [2.75, 3.05) is 25.9 Å². The van der Waals surface area contributed by atoms with Gasteiger partial charge in [0.1, 0.15) is 7.11 Å². The molecule has 0 atom stereocenters. The molecule has 2 rings (SSSR count). The van der Waals surface area contributed by atoms with Gasteiger partial charge in [-0.2, -0.15) is 0 Å². The molecular formula is C13H18ClN3O. The first-order chi connectivity index (χ1) is 8.72. The number of hydrogen-bond acceptors (Lipinski definition) is 4. The van der Waals surface area contributed by atoms with Crippen molar-refractivity contribution in [1.29, 1.82) is 0 Å². The number of halogens is 1. The fraction of sp³-hybridized carbons (Fsp3) is 0.462.